The number of nitrogens with one attached hydrogen (secondary N) is 3. The Balaban J connectivity index is 1.19. The maximum atomic E-state index is 11.5. The fourth-order valence-electron chi connectivity index (χ4n) is 6.50. The number of halogens is 2. The zero-order valence-electron chi connectivity index (χ0n) is 27.9. The van der Waals surface area contributed by atoms with Gasteiger partial charge in [-0.05, 0) is 48.1 Å². The summed E-state index contributed by atoms with van der Waals surface area (Å²) in [6, 6.07) is 17.9. The number of hydrogen-bond acceptors (Lipinski definition) is 9. The van der Waals surface area contributed by atoms with Crippen LogP contribution < -0.4 is 30.2 Å². The minimum absolute atomic E-state index is 0.00469. The van der Waals surface area contributed by atoms with Gasteiger partial charge in [-0.1, -0.05) is 65.7 Å². The van der Waals surface area contributed by atoms with Crippen molar-refractivity contribution in [1.82, 2.24) is 25.9 Å². The van der Waals surface area contributed by atoms with Crippen LogP contribution in [0.1, 0.15) is 54.0 Å². The Bertz CT molecular complexity index is 1890. The molecule has 0 saturated carbocycles. The highest BCUT2D eigenvalue weighted by Gasteiger charge is 2.29. The van der Waals surface area contributed by atoms with Crippen molar-refractivity contribution in [2.24, 2.45) is 0 Å². The van der Waals surface area contributed by atoms with Crippen LogP contribution in [0.25, 0.3) is 22.4 Å². The average molecular weight is 721 g/mol. The van der Waals surface area contributed by atoms with E-state index in [2.05, 4.69) is 33.1 Å². The Morgan fingerprint density at radius 2 is 1.64 bits per heavy atom. The van der Waals surface area contributed by atoms with Gasteiger partial charge in [0.15, 0.2) is 0 Å². The largest absolute Gasteiger partial charge is 0.481 e. The molecule has 3 heterocycles. The van der Waals surface area contributed by atoms with E-state index in [-0.39, 0.29) is 30.4 Å². The van der Waals surface area contributed by atoms with Crippen LogP contribution in [0.5, 0.6) is 17.6 Å². The maximum absolute atomic E-state index is 11.5. The molecule has 13 heteroatoms. The van der Waals surface area contributed by atoms with Crippen LogP contribution >= 0.6 is 23.2 Å². The van der Waals surface area contributed by atoms with Crippen LogP contribution in [0, 0.1) is 0 Å². The fraction of sp³-hybridized carbons (Fsp3) is 0.351. The monoisotopic (exact) mass is 719 g/mol. The molecule has 1 aliphatic carbocycles. The van der Waals surface area contributed by atoms with Crippen LogP contribution in [0.15, 0.2) is 54.6 Å². The van der Waals surface area contributed by atoms with Crippen LogP contribution in [0.3, 0.4) is 0 Å². The van der Waals surface area contributed by atoms with Crippen LogP contribution in [0.2, 0.25) is 10.0 Å². The highest BCUT2D eigenvalue weighted by molar-refractivity contribution is 6.36. The number of ether oxygens (including phenoxy) is 3. The SMILES string of the molecule is COc1nc(-c2cccc(-c3cccc4c3CC[C@@H]4Oc3nc(OC)c(CNCCC(=O)O)cc3Cl)c2Cl)ccc1CNC[C@@H]1CCC(=O)N1. The van der Waals surface area contributed by atoms with Gasteiger partial charge in [0.05, 0.1) is 31.4 Å². The first kappa shape index (κ1) is 35.4. The van der Waals surface area contributed by atoms with Crippen molar-refractivity contribution < 1.29 is 28.9 Å². The standard InChI is InChI=1S/C37H39Cl2N5O6/c1-48-35-21(18-41-20-23-10-14-32(45)42-23)9-12-30(43-35)28-8-4-7-27(34(28)39)24-5-3-6-26-25(24)11-13-31(26)50-37-29(38)17-22(36(44-37)49-2)19-40-16-15-33(46)47/h3-9,12,17,23,31,40-41H,10-11,13-16,18-20H2,1-2H3,(H,42,45)(H,46,47)/t23-,31-/m0/s1. The van der Waals surface area contributed by atoms with Crippen molar-refractivity contribution in [3.05, 3.63) is 86.9 Å². The van der Waals surface area contributed by atoms with Gasteiger partial charge in [0.1, 0.15) is 11.1 Å². The summed E-state index contributed by atoms with van der Waals surface area (Å²) in [5.74, 6) is 0.362. The van der Waals surface area contributed by atoms with Gasteiger partial charge in [-0.15, -0.1) is 0 Å². The molecule has 1 amide bonds. The van der Waals surface area contributed by atoms with E-state index in [0.29, 0.717) is 65.7 Å². The van der Waals surface area contributed by atoms with Gasteiger partial charge in [-0.25, -0.2) is 4.98 Å². The Morgan fingerprint density at radius 3 is 2.40 bits per heavy atom. The van der Waals surface area contributed by atoms with Gasteiger partial charge in [-0.3, -0.25) is 9.59 Å². The Hall–Kier alpha value is -4.42. The first-order valence-corrected chi connectivity index (χ1v) is 17.3. The number of pyridine rings is 2. The molecule has 1 fully saturated rings. The maximum Gasteiger partial charge on any atom is 0.304 e. The van der Waals surface area contributed by atoms with Crippen molar-refractivity contribution in [2.45, 2.75) is 57.3 Å². The number of carboxylic acid groups (broad SMARTS) is 1. The minimum Gasteiger partial charge on any atom is -0.481 e. The molecule has 11 nitrogen and oxygen atoms in total. The summed E-state index contributed by atoms with van der Waals surface area (Å²) in [5.41, 5.74) is 7.19. The van der Waals surface area contributed by atoms with Crippen molar-refractivity contribution in [3.8, 4) is 40.0 Å². The molecule has 4 N–H and O–H groups in total. The first-order valence-electron chi connectivity index (χ1n) is 16.5. The number of carbonyl (C=O) groups excluding carboxylic acids is 1. The van der Waals surface area contributed by atoms with E-state index in [1.54, 1.807) is 13.2 Å². The van der Waals surface area contributed by atoms with Crippen molar-refractivity contribution in [1.29, 1.82) is 0 Å². The number of nitrogens with zero attached hydrogens (tertiary/aromatic N) is 2. The molecule has 2 aromatic carbocycles. The lowest BCUT2D eigenvalue weighted by molar-refractivity contribution is -0.136. The molecule has 0 spiro atoms. The number of carbonyl (C=O) groups is 2. The van der Waals surface area contributed by atoms with E-state index in [1.165, 1.54) is 7.11 Å². The normalized spacial score (nSPS) is 16.6. The molecule has 2 aromatic heterocycles. The number of hydrogen-bond donors (Lipinski definition) is 4. The zero-order chi connectivity index (χ0) is 35.2. The van der Waals surface area contributed by atoms with Crippen LogP contribution in [-0.2, 0) is 29.1 Å². The number of amides is 1. The van der Waals surface area contributed by atoms with Crippen molar-refractivity contribution in [3.63, 3.8) is 0 Å². The highest BCUT2D eigenvalue weighted by atomic mass is 35.5. The number of benzene rings is 2. The lowest BCUT2D eigenvalue weighted by Crippen LogP contribution is -2.35. The summed E-state index contributed by atoms with van der Waals surface area (Å²) in [4.78, 5) is 31.7. The summed E-state index contributed by atoms with van der Waals surface area (Å²) in [6.07, 6.45) is 2.63. The number of fused-ring (bicyclic) bond motifs is 1. The highest BCUT2D eigenvalue weighted by Crippen LogP contribution is 2.44. The lowest BCUT2D eigenvalue weighted by Gasteiger charge is -2.18. The third-order valence-electron chi connectivity index (χ3n) is 8.97. The number of rotatable bonds is 15. The molecule has 0 bridgehead atoms. The molecule has 2 atom stereocenters. The van der Waals surface area contributed by atoms with Crippen LogP contribution in [-0.4, -0.2) is 60.3 Å². The van der Waals surface area contributed by atoms with E-state index in [1.807, 2.05) is 36.4 Å². The second kappa shape index (κ2) is 16.1. The molecule has 2 aliphatic rings. The molecule has 0 radical (unpaired) electrons. The predicted octanol–water partition coefficient (Wildman–Crippen LogP) is 6.13. The number of methoxy groups -OCH3 is 2. The van der Waals surface area contributed by atoms with Gasteiger partial charge in [-0.2, -0.15) is 4.98 Å². The molecular formula is C37H39Cl2N5O6. The van der Waals surface area contributed by atoms with Crippen LogP contribution in [0.4, 0.5) is 0 Å². The number of aliphatic carboxylic acids is 1. The minimum atomic E-state index is -0.875. The second-order valence-electron chi connectivity index (χ2n) is 12.2. The molecule has 50 heavy (non-hydrogen) atoms. The molecule has 4 aromatic rings. The van der Waals surface area contributed by atoms with E-state index >= 15 is 0 Å². The first-order chi connectivity index (χ1) is 24.2. The van der Waals surface area contributed by atoms with Crippen molar-refractivity contribution in [2.75, 3.05) is 27.3 Å². The van der Waals surface area contributed by atoms with Gasteiger partial charge in [0.2, 0.25) is 23.5 Å². The van der Waals surface area contributed by atoms with E-state index in [9.17, 15) is 9.59 Å². The number of aromatic nitrogens is 2. The lowest BCUT2D eigenvalue weighted by atomic mass is 9.94. The molecule has 0 unspecified atom stereocenters. The van der Waals surface area contributed by atoms with Gasteiger partial charge >= 0.3 is 5.97 Å². The zero-order valence-corrected chi connectivity index (χ0v) is 29.4. The second-order valence-corrected chi connectivity index (χ2v) is 13.0. The predicted molar refractivity (Wildman–Crippen MR) is 191 cm³/mol. The topological polar surface area (TPSA) is 144 Å². The Kier molecular flexibility index (Phi) is 11.4. The summed E-state index contributed by atoms with van der Waals surface area (Å²) < 4.78 is 17.6. The third-order valence-corrected chi connectivity index (χ3v) is 9.64. The van der Waals surface area contributed by atoms with E-state index in [4.69, 9.17) is 47.5 Å². The molecular weight excluding hydrogens is 681 g/mol. The smallest absolute Gasteiger partial charge is 0.304 e. The Morgan fingerprint density at radius 1 is 0.900 bits per heavy atom. The summed E-state index contributed by atoms with van der Waals surface area (Å²) in [5, 5.41) is 19.3. The molecule has 6 rings (SSSR count). The quantitative estimate of drug-likeness (QED) is 0.106. The molecule has 262 valence electrons. The summed E-state index contributed by atoms with van der Waals surface area (Å²) in [6.45, 7) is 1.89. The molecule has 1 saturated heterocycles. The summed E-state index contributed by atoms with van der Waals surface area (Å²) >= 11 is 13.8. The van der Waals surface area contributed by atoms with Gasteiger partial charge in [0.25, 0.3) is 0 Å². The average Bonchev–Trinajstić information content (AvgIpc) is 3.73. The fourth-order valence-corrected chi connectivity index (χ4v) is 7.05. The van der Waals surface area contributed by atoms with Crippen molar-refractivity contribution >= 4 is 35.1 Å². The third kappa shape index (κ3) is 7.97. The summed E-state index contributed by atoms with van der Waals surface area (Å²) in [7, 11) is 3.12. The van der Waals surface area contributed by atoms with Gasteiger partial charge in [0, 0.05) is 60.9 Å². The molecule has 1 aliphatic heterocycles. The van der Waals surface area contributed by atoms with E-state index in [0.717, 1.165) is 52.6 Å². The number of carboxylic acids is 1. The van der Waals surface area contributed by atoms with Gasteiger partial charge < -0.3 is 35.3 Å². The van der Waals surface area contributed by atoms with E-state index < -0.39 is 5.97 Å². The Labute approximate surface area is 300 Å².